The molecule has 0 aliphatic carbocycles. The average molecular weight is 382 g/mol. The largest absolute Gasteiger partial charge is 0.383 e. The quantitative estimate of drug-likeness (QED) is 0.719. The summed E-state index contributed by atoms with van der Waals surface area (Å²) < 4.78 is 5.02. The molecule has 3 amide bonds. The first-order valence-electron chi connectivity index (χ1n) is 8.45. The van der Waals surface area contributed by atoms with Crippen LogP contribution < -0.4 is 4.90 Å². The molecule has 1 aliphatic rings. The van der Waals surface area contributed by atoms with E-state index in [2.05, 4.69) is 0 Å². The second-order valence-electron chi connectivity index (χ2n) is 6.44. The fourth-order valence-electron chi connectivity index (χ4n) is 2.68. The zero-order chi connectivity index (χ0) is 19.3. The third-order valence-electron chi connectivity index (χ3n) is 4.11. The second-order valence-corrected chi connectivity index (χ2v) is 6.88. The Hall–Kier alpha value is -2.12. The smallest absolute Gasteiger partial charge is 0.248 e. The molecule has 0 spiro atoms. The van der Waals surface area contributed by atoms with E-state index >= 15 is 0 Å². The number of amides is 3. The number of hydrogen-bond acceptors (Lipinski definition) is 4. The van der Waals surface area contributed by atoms with Crippen molar-refractivity contribution in [1.29, 1.82) is 0 Å². The number of carbonyl (C=O) groups is 3. The summed E-state index contributed by atoms with van der Waals surface area (Å²) in [7, 11) is 1.54. The van der Waals surface area contributed by atoms with Crippen molar-refractivity contribution in [1.82, 2.24) is 9.80 Å². The normalized spacial score (nSPS) is 14.3. The van der Waals surface area contributed by atoms with Crippen molar-refractivity contribution < 1.29 is 19.1 Å². The van der Waals surface area contributed by atoms with Gasteiger partial charge in [0.25, 0.3) is 0 Å². The number of benzene rings is 1. The van der Waals surface area contributed by atoms with Gasteiger partial charge in [-0.3, -0.25) is 19.3 Å². The first-order valence-corrected chi connectivity index (χ1v) is 8.82. The van der Waals surface area contributed by atoms with E-state index in [1.807, 2.05) is 0 Å². The third kappa shape index (κ3) is 4.95. The van der Waals surface area contributed by atoms with E-state index in [1.165, 1.54) is 14.7 Å². The highest BCUT2D eigenvalue weighted by Crippen LogP contribution is 2.23. The monoisotopic (exact) mass is 381 g/mol. The molecule has 0 bridgehead atoms. The van der Waals surface area contributed by atoms with Crippen LogP contribution in [-0.4, -0.2) is 67.5 Å². The maximum Gasteiger partial charge on any atom is 0.248 e. The predicted molar refractivity (Wildman–Crippen MR) is 98.8 cm³/mol. The van der Waals surface area contributed by atoms with Crippen molar-refractivity contribution >= 4 is 35.0 Å². The van der Waals surface area contributed by atoms with Crippen LogP contribution in [0.4, 0.5) is 5.69 Å². The number of ether oxygens (including phenoxy) is 1. The molecule has 2 rings (SSSR count). The highest BCUT2D eigenvalue weighted by Gasteiger charge is 2.33. The van der Waals surface area contributed by atoms with Crippen molar-refractivity contribution in [2.24, 2.45) is 5.92 Å². The topological polar surface area (TPSA) is 70.2 Å². The lowest BCUT2D eigenvalue weighted by Crippen LogP contribution is -2.45. The van der Waals surface area contributed by atoms with Crippen LogP contribution in [0, 0.1) is 5.92 Å². The molecule has 0 atom stereocenters. The summed E-state index contributed by atoms with van der Waals surface area (Å²) in [5.74, 6) is -0.789. The fraction of sp³-hybridized carbons (Fsp3) is 0.500. The van der Waals surface area contributed by atoms with Gasteiger partial charge in [-0.15, -0.1) is 0 Å². The highest BCUT2D eigenvalue weighted by atomic mass is 35.5. The number of carbonyl (C=O) groups excluding carboxylic acids is 3. The van der Waals surface area contributed by atoms with Gasteiger partial charge in [0.05, 0.1) is 13.2 Å². The van der Waals surface area contributed by atoms with Crippen molar-refractivity contribution in [2.45, 2.75) is 13.8 Å². The van der Waals surface area contributed by atoms with E-state index in [9.17, 15) is 14.4 Å². The van der Waals surface area contributed by atoms with Gasteiger partial charge in [-0.1, -0.05) is 31.5 Å². The molecule has 142 valence electrons. The molecular weight excluding hydrogens is 358 g/mol. The zero-order valence-corrected chi connectivity index (χ0v) is 16.0. The Morgan fingerprint density at radius 2 is 2.08 bits per heavy atom. The molecule has 1 saturated heterocycles. The molecule has 0 N–H and O–H groups in total. The second kappa shape index (κ2) is 9.00. The third-order valence-corrected chi connectivity index (χ3v) is 4.34. The van der Waals surface area contributed by atoms with E-state index in [0.29, 0.717) is 23.9 Å². The number of nitrogens with zero attached hydrogens (tertiary/aromatic N) is 3. The molecule has 0 unspecified atom stereocenters. The molecule has 0 aromatic heterocycles. The van der Waals surface area contributed by atoms with Gasteiger partial charge in [0.15, 0.2) is 0 Å². The Balaban J connectivity index is 2.04. The van der Waals surface area contributed by atoms with Crippen LogP contribution in [0.3, 0.4) is 0 Å². The van der Waals surface area contributed by atoms with Crippen LogP contribution in [0.5, 0.6) is 0 Å². The number of hydrogen-bond donors (Lipinski definition) is 0. The Morgan fingerprint density at radius 3 is 2.69 bits per heavy atom. The first-order chi connectivity index (χ1) is 12.3. The molecule has 1 aromatic carbocycles. The van der Waals surface area contributed by atoms with Crippen LogP contribution in [0.1, 0.15) is 13.8 Å². The summed E-state index contributed by atoms with van der Waals surface area (Å²) >= 11 is 5.98. The number of anilines is 1. The molecule has 1 heterocycles. The maximum absolute atomic E-state index is 12.6. The van der Waals surface area contributed by atoms with Gasteiger partial charge in [-0.25, -0.2) is 0 Å². The predicted octanol–water partition coefficient (Wildman–Crippen LogP) is 1.60. The Morgan fingerprint density at radius 1 is 1.35 bits per heavy atom. The molecule has 0 radical (unpaired) electrons. The summed E-state index contributed by atoms with van der Waals surface area (Å²) in [6.45, 7) is 4.31. The molecular formula is C18H24ClN3O4. The number of methoxy groups -OCH3 is 1. The standard InChI is InChI=1S/C18H24ClN3O4/c1-13(2)18(25)20(7-8-26-3)10-16(23)21-11-17(24)22(12-21)15-6-4-5-14(19)9-15/h4-6,9,13H,7-8,10-12H2,1-3H3. The molecule has 0 saturated carbocycles. The molecule has 1 fully saturated rings. The molecule has 26 heavy (non-hydrogen) atoms. The maximum atomic E-state index is 12.6. The van der Waals surface area contributed by atoms with Gasteiger partial charge in [0.2, 0.25) is 17.7 Å². The summed E-state index contributed by atoms with van der Waals surface area (Å²) in [5, 5.41) is 0.522. The Bertz CT molecular complexity index is 680. The van der Waals surface area contributed by atoms with Gasteiger partial charge in [0.1, 0.15) is 13.2 Å². The van der Waals surface area contributed by atoms with E-state index in [-0.39, 0.29) is 43.4 Å². The van der Waals surface area contributed by atoms with Crippen LogP contribution in [0.25, 0.3) is 0 Å². The molecule has 8 heteroatoms. The number of halogens is 1. The summed E-state index contributed by atoms with van der Waals surface area (Å²) in [6.07, 6.45) is 0. The van der Waals surface area contributed by atoms with Gasteiger partial charge >= 0.3 is 0 Å². The summed E-state index contributed by atoms with van der Waals surface area (Å²) in [5.41, 5.74) is 0.646. The van der Waals surface area contributed by atoms with Crippen molar-refractivity contribution in [2.75, 3.05) is 44.9 Å². The Kier molecular flexibility index (Phi) is 6.99. The minimum Gasteiger partial charge on any atom is -0.383 e. The fourth-order valence-corrected chi connectivity index (χ4v) is 2.87. The van der Waals surface area contributed by atoms with Gasteiger partial charge in [-0.05, 0) is 18.2 Å². The molecule has 7 nitrogen and oxygen atoms in total. The minimum atomic E-state index is -0.270. The Labute approximate surface area is 158 Å². The van der Waals surface area contributed by atoms with Gasteiger partial charge in [0, 0.05) is 30.3 Å². The highest BCUT2D eigenvalue weighted by molar-refractivity contribution is 6.31. The van der Waals surface area contributed by atoms with Gasteiger partial charge in [-0.2, -0.15) is 0 Å². The average Bonchev–Trinajstić information content (AvgIpc) is 2.99. The zero-order valence-electron chi connectivity index (χ0n) is 15.3. The van der Waals surface area contributed by atoms with Crippen molar-refractivity contribution in [3.05, 3.63) is 29.3 Å². The lowest BCUT2D eigenvalue weighted by Gasteiger charge is -2.26. The summed E-state index contributed by atoms with van der Waals surface area (Å²) in [4.78, 5) is 41.6. The van der Waals surface area contributed by atoms with Crippen molar-refractivity contribution in [3.8, 4) is 0 Å². The summed E-state index contributed by atoms with van der Waals surface area (Å²) in [6, 6.07) is 6.93. The molecule has 1 aromatic rings. The van der Waals surface area contributed by atoms with Crippen molar-refractivity contribution in [3.63, 3.8) is 0 Å². The van der Waals surface area contributed by atoms with E-state index in [0.717, 1.165) is 0 Å². The van der Waals surface area contributed by atoms with E-state index in [1.54, 1.807) is 45.2 Å². The van der Waals surface area contributed by atoms with Crippen LogP contribution >= 0.6 is 11.6 Å². The van der Waals surface area contributed by atoms with E-state index in [4.69, 9.17) is 16.3 Å². The lowest BCUT2D eigenvalue weighted by atomic mass is 10.2. The van der Waals surface area contributed by atoms with E-state index < -0.39 is 0 Å². The SMILES string of the molecule is COCCN(CC(=O)N1CC(=O)N(c2cccc(Cl)c2)C1)C(=O)C(C)C. The minimum absolute atomic E-state index is 0.0146. The van der Waals surface area contributed by atoms with Crippen LogP contribution in [-0.2, 0) is 19.1 Å². The first kappa shape index (κ1) is 20.2. The lowest BCUT2D eigenvalue weighted by molar-refractivity contribution is -0.142. The van der Waals surface area contributed by atoms with Crippen LogP contribution in [0.15, 0.2) is 24.3 Å². The number of rotatable bonds is 7. The van der Waals surface area contributed by atoms with Gasteiger partial charge < -0.3 is 14.5 Å². The van der Waals surface area contributed by atoms with Crippen LogP contribution in [0.2, 0.25) is 5.02 Å². The molecule has 1 aliphatic heterocycles.